The Bertz CT molecular complexity index is 846. The smallest absolute Gasteiger partial charge is 0.327 e. The van der Waals surface area contributed by atoms with E-state index in [9.17, 15) is 18.0 Å². The maximum absolute atomic E-state index is 11.8. The van der Waals surface area contributed by atoms with Crippen molar-refractivity contribution >= 4 is 32.9 Å². The quantitative estimate of drug-likeness (QED) is 0.588. The van der Waals surface area contributed by atoms with Gasteiger partial charge in [-0.25, -0.2) is 13.1 Å². The maximum Gasteiger partial charge on any atom is 0.327 e. The molecule has 0 saturated heterocycles. The van der Waals surface area contributed by atoms with Crippen molar-refractivity contribution in [3.05, 3.63) is 47.3 Å². The Labute approximate surface area is 143 Å². The first-order chi connectivity index (χ1) is 11.3. The van der Waals surface area contributed by atoms with Gasteiger partial charge in [-0.1, -0.05) is 17.3 Å². The van der Waals surface area contributed by atoms with Gasteiger partial charge in [0.05, 0.1) is 4.90 Å². The normalized spacial score (nSPS) is 11.1. The number of nitrogens with zero attached hydrogens (tertiary/aromatic N) is 1. The molecule has 2 aromatic rings. The van der Waals surface area contributed by atoms with Crippen LogP contribution in [0.1, 0.15) is 21.8 Å². The second-order valence-corrected chi connectivity index (χ2v) is 6.88. The average Bonchev–Trinajstić information content (AvgIpc) is 2.93. The molecule has 0 unspecified atom stereocenters. The molecule has 1 heterocycles. The molecule has 0 spiro atoms. The molecule has 0 bridgehead atoms. The van der Waals surface area contributed by atoms with Crippen molar-refractivity contribution < 1.29 is 22.5 Å². The van der Waals surface area contributed by atoms with E-state index in [2.05, 4.69) is 10.5 Å². The summed E-state index contributed by atoms with van der Waals surface area (Å²) in [6, 6.07) is 7.39. The molecule has 24 heavy (non-hydrogen) atoms. The highest BCUT2D eigenvalue weighted by molar-refractivity contribution is 7.90. The zero-order chi connectivity index (χ0) is 17.7. The number of aromatic nitrogens is 1. The van der Waals surface area contributed by atoms with Crippen LogP contribution in [0.15, 0.2) is 39.8 Å². The van der Waals surface area contributed by atoms with Gasteiger partial charge in [0.15, 0.2) is 5.69 Å². The van der Waals surface area contributed by atoms with Gasteiger partial charge in [0.25, 0.3) is 15.9 Å². The first-order valence-corrected chi connectivity index (χ1v) is 8.67. The van der Waals surface area contributed by atoms with E-state index >= 15 is 0 Å². The summed E-state index contributed by atoms with van der Waals surface area (Å²) in [6.45, 7) is 2.03. The van der Waals surface area contributed by atoms with E-state index in [1.54, 1.807) is 23.8 Å². The molecule has 0 aliphatic heterocycles. The molecule has 0 saturated carbocycles. The number of carbonyl (C=O) groups excluding carboxylic acids is 2. The van der Waals surface area contributed by atoms with Crippen LogP contribution in [0.4, 0.5) is 4.79 Å². The second kappa shape index (κ2) is 7.45. The van der Waals surface area contributed by atoms with Crippen molar-refractivity contribution in [3.63, 3.8) is 0 Å². The molecule has 2 rings (SSSR count). The molecule has 0 radical (unpaired) electrons. The third-order valence-electron chi connectivity index (χ3n) is 3.01. The van der Waals surface area contributed by atoms with Gasteiger partial charge in [0.1, 0.15) is 5.76 Å². The highest BCUT2D eigenvalue weighted by Gasteiger charge is 2.16. The van der Waals surface area contributed by atoms with E-state index in [1.165, 1.54) is 18.2 Å². The molecule has 128 valence electrons. The first-order valence-electron chi connectivity index (χ1n) is 6.80. The van der Waals surface area contributed by atoms with Crippen LogP contribution in [0.2, 0.25) is 0 Å². The fraction of sp³-hybridized carbons (Fsp3) is 0.214. The van der Waals surface area contributed by atoms with Gasteiger partial charge >= 0.3 is 5.37 Å². The van der Waals surface area contributed by atoms with Crippen LogP contribution >= 0.6 is 11.6 Å². The van der Waals surface area contributed by atoms with Crippen molar-refractivity contribution in [2.24, 2.45) is 0 Å². The van der Waals surface area contributed by atoms with Gasteiger partial charge in [-0.2, -0.15) is 0 Å². The molecule has 2 N–H and O–H groups in total. The Hall–Kier alpha value is -2.39. The summed E-state index contributed by atoms with van der Waals surface area (Å²) in [7, 11) is -3.96. The van der Waals surface area contributed by atoms with Crippen LogP contribution in [0.25, 0.3) is 0 Å². The predicted octanol–water partition coefficient (Wildman–Crippen LogP) is 1.59. The lowest BCUT2D eigenvalue weighted by Gasteiger charge is -2.06. The summed E-state index contributed by atoms with van der Waals surface area (Å²) >= 11 is 5.01. The largest absolute Gasteiger partial charge is 0.361 e. The lowest BCUT2D eigenvalue weighted by atomic mass is 10.1. The Morgan fingerprint density at radius 2 is 1.92 bits per heavy atom. The molecule has 8 nitrogen and oxygen atoms in total. The number of nitrogens with one attached hydrogen (secondary N) is 2. The minimum absolute atomic E-state index is 0.0812. The van der Waals surface area contributed by atoms with Gasteiger partial charge in [-0.3, -0.25) is 9.59 Å². The Balaban J connectivity index is 1.90. The average molecular weight is 372 g/mol. The van der Waals surface area contributed by atoms with Gasteiger partial charge in [0, 0.05) is 12.6 Å². The maximum atomic E-state index is 11.8. The number of halogens is 1. The number of benzene rings is 1. The lowest BCUT2D eigenvalue weighted by molar-refractivity contribution is 0.0945. The number of amides is 2. The van der Waals surface area contributed by atoms with Crippen LogP contribution in [0.3, 0.4) is 0 Å². The highest BCUT2D eigenvalue weighted by atomic mass is 35.5. The van der Waals surface area contributed by atoms with E-state index in [0.29, 0.717) is 18.7 Å². The van der Waals surface area contributed by atoms with Crippen molar-refractivity contribution in [2.45, 2.75) is 18.2 Å². The predicted molar refractivity (Wildman–Crippen MR) is 85.3 cm³/mol. The second-order valence-electron chi connectivity index (χ2n) is 4.85. The van der Waals surface area contributed by atoms with Gasteiger partial charge in [-0.05, 0) is 42.6 Å². The molecule has 1 aromatic carbocycles. The molecule has 1 aromatic heterocycles. The van der Waals surface area contributed by atoms with Crippen molar-refractivity contribution in [1.82, 2.24) is 15.2 Å². The number of carbonyl (C=O) groups is 2. The molecule has 10 heteroatoms. The number of hydrogen-bond donors (Lipinski definition) is 2. The summed E-state index contributed by atoms with van der Waals surface area (Å²) in [5.74, 6) is 0.192. The number of aryl methyl sites for hydroxylation is 1. The topological polar surface area (TPSA) is 118 Å². The van der Waals surface area contributed by atoms with E-state index in [4.69, 9.17) is 16.1 Å². The van der Waals surface area contributed by atoms with Gasteiger partial charge in [0.2, 0.25) is 0 Å². The van der Waals surface area contributed by atoms with E-state index in [0.717, 1.165) is 5.56 Å². The Morgan fingerprint density at radius 3 is 2.46 bits per heavy atom. The fourth-order valence-corrected chi connectivity index (χ4v) is 3.01. The summed E-state index contributed by atoms with van der Waals surface area (Å²) < 4.78 is 29.9. The molecule has 0 fully saturated rings. The minimum atomic E-state index is -3.96. The fourth-order valence-electron chi connectivity index (χ4n) is 1.88. The van der Waals surface area contributed by atoms with Crippen molar-refractivity contribution in [1.29, 1.82) is 0 Å². The van der Waals surface area contributed by atoms with Crippen LogP contribution in [0, 0.1) is 6.92 Å². The monoisotopic (exact) mass is 371 g/mol. The number of sulfonamides is 1. The van der Waals surface area contributed by atoms with Gasteiger partial charge < -0.3 is 9.84 Å². The summed E-state index contributed by atoms with van der Waals surface area (Å²) in [6.07, 6.45) is 0.491. The molecule has 0 atom stereocenters. The summed E-state index contributed by atoms with van der Waals surface area (Å²) in [5.41, 5.74) is 1.01. The van der Waals surface area contributed by atoms with Gasteiger partial charge in [-0.15, -0.1) is 0 Å². The number of rotatable bonds is 6. The van der Waals surface area contributed by atoms with Crippen LogP contribution in [-0.2, 0) is 16.4 Å². The van der Waals surface area contributed by atoms with Crippen LogP contribution in [-0.4, -0.2) is 31.4 Å². The molecule has 0 aliphatic rings. The Kier molecular flexibility index (Phi) is 5.58. The van der Waals surface area contributed by atoms with E-state index in [1.807, 2.05) is 0 Å². The minimum Gasteiger partial charge on any atom is -0.361 e. The molecular formula is C14H14ClN3O5S. The summed E-state index contributed by atoms with van der Waals surface area (Å²) in [4.78, 5) is 22.3. The van der Waals surface area contributed by atoms with Crippen molar-refractivity contribution in [3.8, 4) is 0 Å². The first kappa shape index (κ1) is 18.0. The summed E-state index contributed by atoms with van der Waals surface area (Å²) in [5, 5.41) is 5.11. The molecule has 2 amide bonds. The van der Waals surface area contributed by atoms with E-state index in [-0.39, 0.29) is 16.5 Å². The Morgan fingerprint density at radius 1 is 1.25 bits per heavy atom. The SMILES string of the molecule is Cc1cc(C(=O)NCCc2ccc(S(=O)(=O)NC(=O)Cl)cc2)no1. The number of hydrogen-bond acceptors (Lipinski definition) is 6. The van der Waals surface area contributed by atoms with Crippen molar-refractivity contribution in [2.75, 3.05) is 6.54 Å². The van der Waals surface area contributed by atoms with E-state index < -0.39 is 15.4 Å². The third-order valence-corrected chi connectivity index (χ3v) is 4.56. The third kappa shape index (κ3) is 4.80. The van der Waals surface area contributed by atoms with Crippen LogP contribution in [0.5, 0.6) is 0 Å². The lowest BCUT2D eigenvalue weighted by Crippen LogP contribution is -2.26. The molecule has 0 aliphatic carbocycles. The highest BCUT2D eigenvalue weighted by Crippen LogP contribution is 2.11. The molecular weight excluding hydrogens is 358 g/mol. The zero-order valence-electron chi connectivity index (χ0n) is 12.6. The zero-order valence-corrected chi connectivity index (χ0v) is 14.1. The standard InChI is InChI=1S/C14H14ClN3O5S/c1-9-8-12(17-23-9)13(19)16-7-6-10-2-4-11(5-3-10)24(21,22)18-14(15)20/h2-5,8H,6-7H2,1H3,(H,16,19)(H,18,20). The van der Waals surface area contributed by atoms with Crippen LogP contribution < -0.4 is 10.0 Å².